The normalized spacial score (nSPS) is 11.0. The van der Waals surface area contributed by atoms with E-state index in [2.05, 4.69) is 32.8 Å². The summed E-state index contributed by atoms with van der Waals surface area (Å²) in [6.07, 6.45) is 0. The van der Waals surface area contributed by atoms with Crippen molar-refractivity contribution < 1.29 is 5.11 Å². The molecule has 1 heterocycles. The van der Waals surface area contributed by atoms with Crippen molar-refractivity contribution in [3.05, 3.63) is 27.0 Å². The Labute approximate surface area is 89.3 Å². The highest BCUT2D eigenvalue weighted by Crippen LogP contribution is 2.23. The van der Waals surface area contributed by atoms with Gasteiger partial charge in [-0.2, -0.15) is 5.10 Å². The van der Waals surface area contributed by atoms with E-state index in [-0.39, 0.29) is 6.61 Å². The Hall–Kier alpha value is -0.620. The van der Waals surface area contributed by atoms with Gasteiger partial charge < -0.3 is 5.11 Å². The summed E-state index contributed by atoms with van der Waals surface area (Å²) in [4.78, 5) is 0. The summed E-state index contributed by atoms with van der Waals surface area (Å²) in [6, 6.07) is 3.93. The van der Waals surface area contributed by atoms with E-state index in [0.717, 1.165) is 25.7 Å². The van der Waals surface area contributed by atoms with E-state index >= 15 is 0 Å². The molecule has 0 saturated carbocycles. The molecule has 0 atom stereocenters. The molecular formula is C9H9IN2O. The third kappa shape index (κ3) is 1.34. The van der Waals surface area contributed by atoms with Crippen LogP contribution in [-0.2, 0) is 6.61 Å². The molecule has 2 aromatic rings. The van der Waals surface area contributed by atoms with Crippen LogP contribution in [0.1, 0.15) is 11.1 Å². The molecule has 0 fully saturated rings. The molecule has 0 aliphatic carbocycles. The largest absolute Gasteiger partial charge is 0.392 e. The number of benzene rings is 1. The minimum atomic E-state index is 0.0807. The molecule has 0 bridgehead atoms. The van der Waals surface area contributed by atoms with E-state index in [1.165, 1.54) is 0 Å². The zero-order valence-electron chi connectivity index (χ0n) is 7.13. The number of rotatable bonds is 1. The second-order valence-corrected chi connectivity index (χ2v) is 3.97. The van der Waals surface area contributed by atoms with Gasteiger partial charge in [-0.25, -0.2) is 0 Å². The Morgan fingerprint density at radius 2 is 2.31 bits per heavy atom. The van der Waals surface area contributed by atoms with Crippen LogP contribution in [0.3, 0.4) is 0 Å². The summed E-state index contributed by atoms with van der Waals surface area (Å²) in [5.74, 6) is 0. The molecule has 0 unspecified atom stereocenters. The van der Waals surface area contributed by atoms with E-state index in [1.807, 2.05) is 19.1 Å². The monoisotopic (exact) mass is 288 g/mol. The first kappa shape index (κ1) is 8.96. The molecule has 0 amide bonds. The highest BCUT2D eigenvalue weighted by Gasteiger charge is 2.07. The van der Waals surface area contributed by atoms with Crippen LogP contribution in [-0.4, -0.2) is 15.3 Å². The molecule has 1 aromatic heterocycles. The Kier molecular flexibility index (Phi) is 2.25. The van der Waals surface area contributed by atoms with Crippen LogP contribution in [0.4, 0.5) is 0 Å². The van der Waals surface area contributed by atoms with Gasteiger partial charge in [-0.15, -0.1) is 0 Å². The fourth-order valence-electron chi connectivity index (χ4n) is 1.41. The van der Waals surface area contributed by atoms with Crippen molar-refractivity contribution in [1.82, 2.24) is 10.2 Å². The average Bonchev–Trinajstić information content (AvgIpc) is 2.50. The third-order valence-electron chi connectivity index (χ3n) is 2.24. The van der Waals surface area contributed by atoms with Crippen LogP contribution in [0, 0.1) is 10.6 Å². The zero-order chi connectivity index (χ0) is 9.42. The number of aromatic amines is 1. The fourth-order valence-corrected chi connectivity index (χ4v) is 1.98. The number of aliphatic hydroxyl groups excluding tert-OH is 1. The van der Waals surface area contributed by atoms with Gasteiger partial charge in [-0.3, -0.25) is 5.10 Å². The number of nitrogens with one attached hydrogen (secondary N) is 1. The maximum Gasteiger partial charge on any atom is 0.130 e. The van der Waals surface area contributed by atoms with E-state index < -0.39 is 0 Å². The van der Waals surface area contributed by atoms with Crippen LogP contribution in [0.2, 0.25) is 0 Å². The van der Waals surface area contributed by atoms with Gasteiger partial charge in [0.2, 0.25) is 0 Å². The Bertz CT molecular complexity index is 450. The first-order valence-corrected chi connectivity index (χ1v) is 5.05. The van der Waals surface area contributed by atoms with Gasteiger partial charge in [0, 0.05) is 5.39 Å². The van der Waals surface area contributed by atoms with Crippen molar-refractivity contribution in [2.24, 2.45) is 0 Å². The van der Waals surface area contributed by atoms with E-state index in [0.29, 0.717) is 0 Å². The fraction of sp³-hybridized carbons (Fsp3) is 0.222. The topological polar surface area (TPSA) is 48.9 Å². The van der Waals surface area contributed by atoms with E-state index in [4.69, 9.17) is 5.11 Å². The predicted molar refractivity (Wildman–Crippen MR) is 59.5 cm³/mol. The summed E-state index contributed by atoms with van der Waals surface area (Å²) >= 11 is 2.19. The number of H-pyrrole nitrogens is 1. The van der Waals surface area contributed by atoms with Gasteiger partial charge in [-0.1, -0.05) is 6.07 Å². The first-order chi connectivity index (χ1) is 6.24. The zero-order valence-corrected chi connectivity index (χ0v) is 9.29. The number of hydrogen-bond donors (Lipinski definition) is 2. The highest BCUT2D eigenvalue weighted by molar-refractivity contribution is 14.1. The number of aryl methyl sites for hydroxylation is 1. The lowest BCUT2D eigenvalue weighted by atomic mass is 10.1. The first-order valence-electron chi connectivity index (χ1n) is 3.97. The lowest BCUT2D eigenvalue weighted by Crippen LogP contribution is -1.89. The molecule has 0 saturated heterocycles. The summed E-state index contributed by atoms with van der Waals surface area (Å²) in [6.45, 7) is 2.07. The standard InChI is InChI=1S/C9H9IN2O/c1-5-6(4-13)2-3-7-8(5)11-12-9(7)10/h2-3,13H,4H2,1H3,(H,11,12). The van der Waals surface area contributed by atoms with Crippen LogP contribution in [0.25, 0.3) is 10.9 Å². The Morgan fingerprint density at radius 1 is 1.54 bits per heavy atom. The van der Waals surface area contributed by atoms with Crippen LogP contribution in [0.5, 0.6) is 0 Å². The SMILES string of the molecule is Cc1c(CO)ccc2c(I)n[nH]c12. The molecule has 0 radical (unpaired) electrons. The molecule has 2 N–H and O–H groups in total. The van der Waals surface area contributed by atoms with Crippen molar-refractivity contribution in [3.8, 4) is 0 Å². The lowest BCUT2D eigenvalue weighted by molar-refractivity contribution is 0.281. The quantitative estimate of drug-likeness (QED) is 0.788. The van der Waals surface area contributed by atoms with Gasteiger partial charge in [0.25, 0.3) is 0 Å². The van der Waals surface area contributed by atoms with Gasteiger partial charge in [0.05, 0.1) is 12.1 Å². The van der Waals surface area contributed by atoms with Crippen molar-refractivity contribution in [1.29, 1.82) is 0 Å². The highest BCUT2D eigenvalue weighted by atomic mass is 127. The van der Waals surface area contributed by atoms with E-state index in [1.54, 1.807) is 0 Å². The third-order valence-corrected chi connectivity index (χ3v) is 3.06. The average molecular weight is 288 g/mol. The smallest absolute Gasteiger partial charge is 0.130 e. The number of aromatic nitrogens is 2. The van der Waals surface area contributed by atoms with Crippen LogP contribution >= 0.6 is 22.6 Å². The lowest BCUT2D eigenvalue weighted by Gasteiger charge is -2.02. The summed E-state index contributed by atoms with van der Waals surface area (Å²) in [7, 11) is 0. The van der Waals surface area contributed by atoms with Crippen LogP contribution in [0.15, 0.2) is 12.1 Å². The number of hydrogen-bond acceptors (Lipinski definition) is 2. The second-order valence-electron chi connectivity index (χ2n) is 2.94. The number of halogens is 1. The number of aliphatic hydroxyl groups is 1. The van der Waals surface area contributed by atoms with Crippen LogP contribution < -0.4 is 0 Å². The Morgan fingerprint density at radius 3 is 3.00 bits per heavy atom. The van der Waals surface area contributed by atoms with Crippen molar-refractivity contribution in [2.45, 2.75) is 13.5 Å². The molecule has 1 aromatic carbocycles. The summed E-state index contributed by atoms with van der Waals surface area (Å²) in [5, 5.41) is 17.2. The molecule has 3 nitrogen and oxygen atoms in total. The maximum atomic E-state index is 9.05. The summed E-state index contributed by atoms with van der Waals surface area (Å²) in [5.41, 5.74) is 3.05. The molecule has 4 heteroatoms. The van der Waals surface area contributed by atoms with Crippen molar-refractivity contribution in [3.63, 3.8) is 0 Å². The number of fused-ring (bicyclic) bond motifs is 1. The molecule has 68 valence electrons. The molecule has 0 aliphatic rings. The summed E-state index contributed by atoms with van der Waals surface area (Å²) < 4.78 is 0.972. The molecule has 0 spiro atoms. The van der Waals surface area contributed by atoms with Crippen molar-refractivity contribution in [2.75, 3.05) is 0 Å². The Balaban J connectivity index is 2.80. The number of nitrogens with zero attached hydrogens (tertiary/aromatic N) is 1. The molecular weight excluding hydrogens is 279 g/mol. The minimum Gasteiger partial charge on any atom is -0.392 e. The van der Waals surface area contributed by atoms with Gasteiger partial charge in [-0.05, 0) is 46.7 Å². The molecule has 0 aliphatic heterocycles. The predicted octanol–water partition coefficient (Wildman–Crippen LogP) is 1.97. The second kappa shape index (κ2) is 3.26. The molecule has 13 heavy (non-hydrogen) atoms. The van der Waals surface area contributed by atoms with Gasteiger partial charge in [0.1, 0.15) is 3.70 Å². The van der Waals surface area contributed by atoms with E-state index in [9.17, 15) is 0 Å². The van der Waals surface area contributed by atoms with Crippen molar-refractivity contribution >= 4 is 33.5 Å². The maximum absolute atomic E-state index is 9.05. The minimum absolute atomic E-state index is 0.0807. The van der Waals surface area contributed by atoms with Gasteiger partial charge >= 0.3 is 0 Å². The molecule has 2 rings (SSSR count). The van der Waals surface area contributed by atoms with Gasteiger partial charge in [0.15, 0.2) is 0 Å².